The minimum absolute atomic E-state index is 0.0774. The van der Waals surface area contributed by atoms with Crippen LogP contribution < -0.4 is 0 Å². The van der Waals surface area contributed by atoms with Gasteiger partial charge in [0.1, 0.15) is 5.52 Å². The number of nitrogens with zero attached hydrogens (tertiary/aromatic N) is 5. The van der Waals surface area contributed by atoms with Gasteiger partial charge in [0.15, 0.2) is 0 Å². The van der Waals surface area contributed by atoms with E-state index in [1.807, 2.05) is 35.5 Å². The van der Waals surface area contributed by atoms with Crippen LogP contribution in [-0.2, 0) is 9.59 Å². The molecule has 2 aromatic heterocycles. The number of carboxylic acids is 2. The van der Waals surface area contributed by atoms with Gasteiger partial charge in [0.2, 0.25) is 0 Å². The van der Waals surface area contributed by atoms with Gasteiger partial charge < -0.3 is 14.8 Å². The van der Waals surface area contributed by atoms with Crippen molar-refractivity contribution in [3.8, 4) is 0 Å². The second-order valence-corrected chi connectivity index (χ2v) is 6.81. The van der Waals surface area contributed by atoms with Crippen LogP contribution >= 0.6 is 0 Å². The van der Waals surface area contributed by atoms with Crippen molar-refractivity contribution >= 4 is 23.0 Å². The van der Waals surface area contributed by atoms with Gasteiger partial charge in [-0.25, -0.2) is 19.3 Å². The monoisotopic (exact) mass is 407 g/mol. The van der Waals surface area contributed by atoms with E-state index >= 15 is 0 Å². The third kappa shape index (κ3) is 4.52. The second-order valence-electron chi connectivity index (χ2n) is 6.81. The molecule has 0 aliphatic heterocycles. The SMILES string of the molecule is CC(C)n1nnc2ccc(C(c3ccccc3)n3ccnc3)cc21.O=C(O)C(=O)O. The molecule has 0 fully saturated rings. The van der Waals surface area contributed by atoms with Gasteiger partial charge in [-0.05, 0) is 37.1 Å². The quantitative estimate of drug-likeness (QED) is 0.499. The Bertz CT molecular complexity index is 1120. The predicted octanol–water partition coefficient (Wildman–Crippen LogP) is 3.00. The lowest BCUT2D eigenvalue weighted by Crippen LogP contribution is -2.11. The zero-order valence-electron chi connectivity index (χ0n) is 16.5. The van der Waals surface area contributed by atoms with Crippen LogP contribution in [0.25, 0.3) is 11.0 Å². The summed E-state index contributed by atoms with van der Waals surface area (Å²) in [5, 5.41) is 23.3. The van der Waals surface area contributed by atoms with Gasteiger partial charge >= 0.3 is 11.9 Å². The molecule has 0 aliphatic carbocycles. The maximum Gasteiger partial charge on any atom is 0.414 e. The molecule has 4 aromatic rings. The molecule has 9 nitrogen and oxygen atoms in total. The molecule has 1 unspecified atom stereocenters. The lowest BCUT2D eigenvalue weighted by atomic mass is 9.98. The summed E-state index contributed by atoms with van der Waals surface area (Å²) in [4.78, 5) is 22.4. The summed E-state index contributed by atoms with van der Waals surface area (Å²) >= 11 is 0. The second kappa shape index (κ2) is 8.99. The third-order valence-electron chi connectivity index (χ3n) is 4.42. The molecular weight excluding hydrogens is 386 g/mol. The maximum atomic E-state index is 9.10. The number of imidazole rings is 1. The zero-order valence-corrected chi connectivity index (χ0v) is 16.5. The van der Waals surface area contributed by atoms with Crippen molar-refractivity contribution < 1.29 is 19.8 Å². The molecule has 0 saturated heterocycles. The molecule has 0 aliphatic rings. The Morgan fingerprint density at radius 3 is 2.23 bits per heavy atom. The number of benzene rings is 2. The molecule has 4 rings (SSSR count). The van der Waals surface area contributed by atoms with E-state index in [1.165, 1.54) is 11.1 Å². The highest BCUT2D eigenvalue weighted by Crippen LogP contribution is 2.29. The van der Waals surface area contributed by atoms with E-state index in [4.69, 9.17) is 19.8 Å². The molecule has 0 saturated carbocycles. The van der Waals surface area contributed by atoms with Gasteiger partial charge in [-0.1, -0.05) is 41.6 Å². The molecule has 0 amide bonds. The Kier molecular flexibility index (Phi) is 6.21. The first-order valence-electron chi connectivity index (χ1n) is 9.22. The summed E-state index contributed by atoms with van der Waals surface area (Å²) in [6.07, 6.45) is 5.67. The summed E-state index contributed by atoms with van der Waals surface area (Å²) < 4.78 is 4.09. The van der Waals surface area contributed by atoms with E-state index in [9.17, 15) is 0 Å². The van der Waals surface area contributed by atoms with E-state index in [-0.39, 0.29) is 12.1 Å². The van der Waals surface area contributed by atoms with E-state index in [0.29, 0.717) is 0 Å². The first kappa shape index (κ1) is 20.7. The minimum Gasteiger partial charge on any atom is -0.473 e. The van der Waals surface area contributed by atoms with Gasteiger partial charge in [-0.3, -0.25) is 0 Å². The fourth-order valence-corrected chi connectivity index (χ4v) is 3.10. The Morgan fingerprint density at radius 1 is 0.967 bits per heavy atom. The Labute approximate surface area is 172 Å². The molecule has 30 heavy (non-hydrogen) atoms. The van der Waals surface area contributed by atoms with Crippen LogP contribution in [-0.4, -0.2) is 46.7 Å². The summed E-state index contributed by atoms with van der Waals surface area (Å²) in [6.45, 7) is 4.23. The summed E-state index contributed by atoms with van der Waals surface area (Å²) in [6, 6.07) is 17.2. The number of hydrogen-bond acceptors (Lipinski definition) is 5. The Morgan fingerprint density at radius 2 is 1.67 bits per heavy atom. The van der Waals surface area contributed by atoms with Crippen LogP contribution in [0.2, 0.25) is 0 Å². The topological polar surface area (TPSA) is 123 Å². The number of hydrogen-bond donors (Lipinski definition) is 2. The molecule has 2 N–H and O–H groups in total. The van der Waals surface area contributed by atoms with Crippen molar-refractivity contribution in [1.29, 1.82) is 0 Å². The van der Waals surface area contributed by atoms with Gasteiger partial charge in [0.25, 0.3) is 0 Å². The third-order valence-corrected chi connectivity index (χ3v) is 4.42. The van der Waals surface area contributed by atoms with Gasteiger partial charge in [0, 0.05) is 18.4 Å². The summed E-state index contributed by atoms with van der Waals surface area (Å²) in [5.41, 5.74) is 4.39. The van der Waals surface area contributed by atoms with Crippen LogP contribution in [0.4, 0.5) is 0 Å². The average Bonchev–Trinajstić information content (AvgIpc) is 3.39. The first-order valence-corrected chi connectivity index (χ1v) is 9.22. The lowest BCUT2D eigenvalue weighted by Gasteiger charge is -2.20. The summed E-state index contributed by atoms with van der Waals surface area (Å²) in [7, 11) is 0. The molecule has 0 spiro atoms. The van der Waals surface area contributed by atoms with Gasteiger partial charge in [0.05, 0.1) is 17.9 Å². The highest BCUT2D eigenvalue weighted by molar-refractivity contribution is 6.27. The number of aromatic nitrogens is 5. The smallest absolute Gasteiger partial charge is 0.414 e. The van der Waals surface area contributed by atoms with Crippen molar-refractivity contribution in [1.82, 2.24) is 24.5 Å². The lowest BCUT2D eigenvalue weighted by molar-refractivity contribution is -0.159. The number of rotatable bonds is 4. The molecule has 1 atom stereocenters. The molecule has 154 valence electrons. The minimum atomic E-state index is -1.82. The average molecular weight is 407 g/mol. The molecule has 0 bridgehead atoms. The molecule has 2 aromatic carbocycles. The summed E-state index contributed by atoms with van der Waals surface area (Å²) in [5.74, 6) is -3.65. The van der Waals surface area contributed by atoms with Gasteiger partial charge in [-0.2, -0.15) is 0 Å². The number of fused-ring (bicyclic) bond motifs is 1. The Hall–Kier alpha value is -4.01. The largest absolute Gasteiger partial charge is 0.473 e. The van der Waals surface area contributed by atoms with Crippen LogP contribution in [0, 0.1) is 0 Å². The highest BCUT2D eigenvalue weighted by Gasteiger charge is 2.18. The van der Waals surface area contributed by atoms with Crippen LogP contribution in [0.1, 0.15) is 37.1 Å². The van der Waals surface area contributed by atoms with E-state index in [2.05, 4.69) is 70.1 Å². The predicted molar refractivity (Wildman–Crippen MR) is 109 cm³/mol. The molecular formula is C21H21N5O4. The van der Waals surface area contributed by atoms with E-state index < -0.39 is 11.9 Å². The van der Waals surface area contributed by atoms with Crippen molar-refractivity contribution in [2.24, 2.45) is 0 Å². The molecule has 0 radical (unpaired) electrons. The maximum absolute atomic E-state index is 9.10. The van der Waals surface area contributed by atoms with Crippen LogP contribution in [0.5, 0.6) is 0 Å². The highest BCUT2D eigenvalue weighted by atomic mass is 16.4. The van der Waals surface area contributed by atoms with E-state index in [1.54, 1.807) is 0 Å². The van der Waals surface area contributed by atoms with Crippen LogP contribution in [0.15, 0.2) is 67.3 Å². The van der Waals surface area contributed by atoms with Crippen molar-refractivity contribution in [3.05, 3.63) is 78.4 Å². The van der Waals surface area contributed by atoms with E-state index in [0.717, 1.165) is 11.0 Å². The number of aliphatic carboxylic acids is 2. The number of carboxylic acid groups (broad SMARTS) is 2. The fraction of sp³-hybridized carbons (Fsp3) is 0.190. The van der Waals surface area contributed by atoms with Crippen molar-refractivity contribution in [2.45, 2.75) is 25.9 Å². The number of carbonyl (C=O) groups is 2. The van der Waals surface area contributed by atoms with Crippen molar-refractivity contribution in [3.63, 3.8) is 0 Å². The van der Waals surface area contributed by atoms with Crippen LogP contribution in [0.3, 0.4) is 0 Å². The first-order chi connectivity index (χ1) is 14.4. The Balaban J connectivity index is 0.000000377. The normalized spacial score (nSPS) is 11.7. The zero-order chi connectivity index (χ0) is 21.7. The fourth-order valence-electron chi connectivity index (χ4n) is 3.10. The molecule has 9 heteroatoms. The van der Waals surface area contributed by atoms with Gasteiger partial charge in [-0.15, -0.1) is 5.10 Å². The molecule has 2 heterocycles. The van der Waals surface area contributed by atoms with Crippen molar-refractivity contribution in [2.75, 3.05) is 0 Å². The standard InChI is InChI=1S/C19H19N5.C2H2O4/c1-14(2)24-18-12-16(8-9-17(18)21-22-24)19(23-11-10-20-13-23)15-6-4-3-5-7-15;3-1(4)2(5)6/h3-14,19H,1-2H3;(H,3,4)(H,5,6).